The molecule has 2 aromatic rings. The zero-order chi connectivity index (χ0) is 9.80. The van der Waals surface area contributed by atoms with Crippen molar-refractivity contribution < 1.29 is 4.42 Å². The highest BCUT2D eigenvalue weighted by Gasteiger charge is 2.04. The molecule has 0 unspecified atom stereocenters. The lowest BCUT2D eigenvalue weighted by Gasteiger charge is -1.91. The van der Waals surface area contributed by atoms with Gasteiger partial charge in [-0.2, -0.15) is 0 Å². The largest absolute Gasteiger partial charge is 0.424 e. The first-order chi connectivity index (χ1) is 6.88. The Morgan fingerprint density at radius 2 is 2.14 bits per heavy atom. The van der Waals surface area contributed by atoms with Crippen molar-refractivity contribution in [3.63, 3.8) is 0 Å². The van der Waals surface area contributed by atoms with Gasteiger partial charge in [-0.1, -0.05) is 6.07 Å². The second-order valence-corrected chi connectivity index (χ2v) is 3.91. The molecule has 0 saturated heterocycles. The van der Waals surface area contributed by atoms with E-state index in [9.17, 15) is 0 Å². The molecule has 0 amide bonds. The van der Waals surface area contributed by atoms with Gasteiger partial charge in [0.2, 0.25) is 11.8 Å². The van der Waals surface area contributed by atoms with Crippen molar-refractivity contribution in [1.29, 1.82) is 0 Å². The smallest absolute Gasteiger partial charge is 0.230 e. The van der Waals surface area contributed by atoms with Gasteiger partial charge in [0, 0.05) is 11.3 Å². The van der Waals surface area contributed by atoms with Gasteiger partial charge in [-0.15, -0.1) is 21.5 Å². The Morgan fingerprint density at radius 1 is 1.29 bits per heavy atom. The van der Waals surface area contributed by atoms with Gasteiger partial charge >= 0.3 is 0 Å². The summed E-state index contributed by atoms with van der Waals surface area (Å²) in [7, 11) is 0. The SMILES string of the molecule is NCc1nnc(CCc2cccs2)o1. The molecule has 0 fully saturated rings. The Bertz CT molecular complexity index is 382. The molecule has 74 valence electrons. The maximum absolute atomic E-state index is 5.36. The molecule has 2 rings (SSSR count). The van der Waals surface area contributed by atoms with E-state index in [1.165, 1.54) is 4.88 Å². The van der Waals surface area contributed by atoms with Crippen molar-refractivity contribution in [2.45, 2.75) is 19.4 Å². The molecule has 5 heteroatoms. The van der Waals surface area contributed by atoms with Crippen LogP contribution < -0.4 is 5.73 Å². The molecular weight excluding hydrogens is 198 g/mol. The number of hydrogen-bond acceptors (Lipinski definition) is 5. The van der Waals surface area contributed by atoms with Gasteiger partial charge in [-0.3, -0.25) is 0 Å². The fourth-order valence-corrected chi connectivity index (χ4v) is 1.87. The molecule has 2 N–H and O–H groups in total. The molecule has 0 aliphatic heterocycles. The number of aromatic nitrogens is 2. The van der Waals surface area contributed by atoms with Crippen molar-refractivity contribution >= 4 is 11.3 Å². The molecular formula is C9H11N3OS. The van der Waals surface area contributed by atoms with Crippen molar-refractivity contribution in [3.8, 4) is 0 Å². The minimum Gasteiger partial charge on any atom is -0.424 e. The Labute approximate surface area is 85.8 Å². The zero-order valence-electron chi connectivity index (χ0n) is 7.64. The second-order valence-electron chi connectivity index (χ2n) is 2.87. The lowest BCUT2D eigenvalue weighted by molar-refractivity contribution is 0.451. The number of nitrogens with zero attached hydrogens (tertiary/aromatic N) is 2. The maximum Gasteiger partial charge on any atom is 0.230 e. The van der Waals surface area contributed by atoms with E-state index in [1.807, 2.05) is 6.07 Å². The minimum atomic E-state index is 0.312. The lowest BCUT2D eigenvalue weighted by atomic mass is 10.3. The van der Waals surface area contributed by atoms with Gasteiger partial charge in [0.05, 0.1) is 6.54 Å². The molecule has 0 atom stereocenters. The van der Waals surface area contributed by atoms with Crippen LogP contribution in [0.25, 0.3) is 0 Å². The Hall–Kier alpha value is -1.20. The van der Waals surface area contributed by atoms with Gasteiger partial charge in [-0.25, -0.2) is 0 Å². The number of rotatable bonds is 4. The van der Waals surface area contributed by atoms with E-state index in [4.69, 9.17) is 10.2 Å². The van der Waals surface area contributed by atoms with Crippen LogP contribution in [0.3, 0.4) is 0 Å². The van der Waals surface area contributed by atoms with E-state index in [0.717, 1.165) is 12.8 Å². The highest BCUT2D eigenvalue weighted by Crippen LogP contribution is 2.11. The van der Waals surface area contributed by atoms with Crippen molar-refractivity contribution in [2.75, 3.05) is 0 Å². The molecule has 0 bridgehead atoms. The summed E-state index contributed by atoms with van der Waals surface area (Å²) in [6, 6.07) is 4.14. The first-order valence-electron chi connectivity index (χ1n) is 4.42. The van der Waals surface area contributed by atoms with Crippen LogP contribution in [0.2, 0.25) is 0 Å². The van der Waals surface area contributed by atoms with Crippen LogP contribution in [-0.4, -0.2) is 10.2 Å². The highest BCUT2D eigenvalue weighted by atomic mass is 32.1. The van der Waals surface area contributed by atoms with Crippen LogP contribution in [0.15, 0.2) is 21.9 Å². The van der Waals surface area contributed by atoms with Gasteiger partial charge in [-0.05, 0) is 17.9 Å². The summed E-state index contributed by atoms with van der Waals surface area (Å²) in [5.41, 5.74) is 5.36. The van der Waals surface area contributed by atoms with E-state index in [0.29, 0.717) is 18.3 Å². The first kappa shape index (κ1) is 9.36. The van der Waals surface area contributed by atoms with Crippen molar-refractivity contribution in [3.05, 3.63) is 34.2 Å². The van der Waals surface area contributed by atoms with E-state index < -0.39 is 0 Å². The van der Waals surface area contributed by atoms with Crippen molar-refractivity contribution in [2.24, 2.45) is 5.73 Å². The Morgan fingerprint density at radius 3 is 2.79 bits per heavy atom. The summed E-state index contributed by atoms with van der Waals surface area (Å²) in [6.07, 6.45) is 1.73. The van der Waals surface area contributed by atoms with E-state index in [2.05, 4.69) is 21.6 Å². The molecule has 0 radical (unpaired) electrons. The summed E-state index contributed by atoms with van der Waals surface area (Å²) in [5, 5.41) is 9.75. The summed E-state index contributed by atoms with van der Waals surface area (Å²) in [4.78, 5) is 1.33. The Kier molecular flexibility index (Phi) is 2.90. The molecule has 0 spiro atoms. The zero-order valence-corrected chi connectivity index (χ0v) is 8.46. The maximum atomic E-state index is 5.36. The molecule has 4 nitrogen and oxygen atoms in total. The third kappa shape index (κ3) is 2.18. The average molecular weight is 209 g/mol. The molecule has 0 aliphatic rings. The number of hydrogen-bond donors (Lipinski definition) is 1. The fraction of sp³-hybridized carbons (Fsp3) is 0.333. The normalized spacial score (nSPS) is 10.6. The molecule has 2 aromatic heterocycles. The van der Waals surface area contributed by atoms with Crippen LogP contribution in [0, 0.1) is 0 Å². The quantitative estimate of drug-likeness (QED) is 0.826. The van der Waals surface area contributed by atoms with Crippen LogP contribution >= 0.6 is 11.3 Å². The average Bonchev–Trinajstić information content (AvgIpc) is 2.86. The monoisotopic (exact) mass is 209 g/mol. The third-order valence-corrected chi connectivity index (χ3v) is 2.78. The number of aryl methyl sites for hydroxylation is 2. The lowest BCUT2D eigenvalue weighted by Crippen LogP contribution is -1.95. The summed E-state index contributed by atoms with van der Waals surface area (Å²) in [6.45, 7) is 0.312. The standard InChI is InChI=1S/C9H11N3OS/c10-6-9-12-11-8(13-9)4-3-7-2-1-5-14-7/h1-2,5H,3-4,6,10H2. The second kappa shape index (κ2) is 4.34. The molecule has 0 aromatic carbocycles. The highest BCUT2D eigenvalue weighted by molar-refractivity contribution is 7.09. The molecule has 2 heterocycles. The van der Waals surface area contributed by atoms with E-state index in [-0.39, 0.29) is 0 Å². The summed E-state index contributed by atoms with van der Waals surface area (Å²) < 4.78 is 5.29. The van der Waals surface area contributed by atoms with Crippen LogP contribution in [0.1, 0.15) is 16.7 Å². The van der Waals surface area contributed by atoms with E-state index >= 15 is 0 Å². The van der Waals surface area contributed by atoms with Crippen LogP contribution in [0.5, 0.6) is 0 Å². The fourth-order valence-electron chi connectivity index (χ4n) is 1.16. The molecule has 0 aliphatic carbocycles. The predicted molar refractivity (Wildman–Crippen MR) is 53.9 cm³/mol. The number of thiophene rings is 1. The van der Waals surface area contributed by atoms with Gasteiger partial charge in [0.1, 0.15) is 0 Å². The Balaban J connectivity index is 1.92. The number of nitrogens with two attached hydrogens (primary N) is 1. The van der Waals surface area contributed by atoms with Crippen LogP contribution in [-0.2, 0) is 19.4 Å². The van der Waals surface area contributed by atoms with E-state index in [1.54, 1.807) is 11.3 Å². The van der Waals surface area contributed by atoms with Crippen molar-refractivity contribution in [1.82, 2.24) is 10.2 Å². The van der Waals surface area contributed by atoms with Gasteiger partial charge in [0.25, 0.3) is 0 Å². The summed E-state index contributed by atoms with van der Waals surface area (Å²) >= 11 is 1.74. The topological polar surface area (TPSA) is 64.9 Å². The summed E-state index contributed by atoms with van der Waals surface area (Å²) in [5.74, 6) is 1.17. The van der Waals surface area contributed by atoms with Crippen LogP contribution in [0.4, 0.5) is 0 Å². The minimum absolute atomic E-state index is 0.312. The third-order valence-electron chi connectivity index (χ3n) is 1.85. The first-order valence-corrected chi connectivity index (χ1v) is 5.30. The molecule has 14 heavy (non-hydrogen) atoms. The van der Waals surface area contributed by atoms with Gasteiger partial charge < -0.3 is 10.2 Å². The van der Waals surface area contributed by atoms with Gasteiger partial charge in [0.15, 0.2) is 0 Å². The predicted octanol–water partition coefficient (Wildman–Crippen LogP) is 1.37. The molecule has 0 saturated carbocycles.